The summed E-state index contributed by atoms with van der Waals surface area (Å²) in [6.45, 7) is 2.62. The molecule has 0 heterocycles. The van der Waals surface area contributed by atoms with Crippen LogP contribution in [-0.4, -0.2) is 18.8 Å². The summed E-state index contributed by atoms with van der Waals surface area (Å²) in [6, 6.07) is 15.1. The first-order valence-electron chi connectivity index (χ1n) is 6.86. The number of ether oxygens (including phenoxy) is 1. The number of nitrogens with one attached hydrogen (secondary N) is 1. The molecule has 0 spiro atoms. The summed E-state index contributed by atoms with van der Waals surface area (Å²) in [4.78, 5) is 0. The fourth-order valence-electron chi connectivity index (χ4n) is 2.07. The molecule has 1 atom stereocenters. The van der Waals surface area contributed by atoms with Gasteiger partial charge in [-0.1, -0.05) is 48.0 Å². The van der Waals surface area contributed by atoms with Gasteiger partial charge in [0.25, 0.3) is 0 Å². The van der Waals surface area contributed by atoms with E-state index in [1.54, 1.807) is 6.92 Å². The molecular formula is C17H20ClNO2. The molecule has 2 rings (SSSR count). The van der Waals surface area contributed by atoms with E-state index in [-0.39, 0.29) is 6.61 Å². The highest BCUT2D eigenvalue weighted by molar-refractivity contribution is 6.32. The van der Waals surface area contributed by atoms with E-state index in [4.69, 9.17) is 16.3 Å². The summed E-state index contributed by atoms with van der Waals surface area (Å²) in [5.41, 5.74) is 0.839. The fraction of sp³-hybridized carbons (Fsp3) is 0.294. The first kappa shape index (κ1) is 15.8. The largest absolute Gasteiger partial charge is 0.489 e. The number of benzene rings is 2. The van der Waals surface area contributed by atoms with Crippen LogP contribution in [0, 0.1) is 0 Å². The first-order chi connectivity index (χ1) is 10.0. The van der Waals surface area contributed by atoms with Gasteiger partial charge in [-0.25, -0.2) is 0 Å². The Kier molecular flexibility index (Phi) is 5.23. The van der Waals surface area contributed by atoms with Gasteiger partial charge in [-0.15, -0.1) is 0 Å². The van der Waals surface area contributed by atoms with Crippen LogP contribution >= 0.6 is 11.6 Å². The normalized spacial score (nSPS) is 13.7. The summed E-state index contributed by atoms with van der Waals surface area (Å²) in [5, 5.41) is 14.1. The van der Waals surface area contributed by atoms with Crippen molar-refractivity contribution in [1.29, 1.82) is 0 Å². The van der Waals surface area contributed by atoms with Gasteiger partial charge < -0.3 is 15.2 Å². The third-order valence-corrected chi connectivity index (χ3v) is 3.58. The molecule has 0 fully saturated rings. The molecule has 3 nitrogen and oxygen atoms in total. The Balaban J connectivity index is 2.06. The van der Waals surface area contributed by atoms with Crippen LogP contribution in [0.2, 0.25) is 5.02 Å². The predicted octanol–water partition coefficient (Wildman–Crippen LogP) is 3.35. The van der Waals surface area contributed by atoms with E-state index in [9.17, 15) is 5.11 Å². The van der Waals surface area contributed by atoms with Crippen molar-refractivity contribution >= 4 is 11.6 Å². The molecular weight excluding hydrogens is 286 g/mol. The lowest BCUT2D eigenvalue weighted by Crippen LogP contribution is -2.29. The Hall–Kier alpha value is -1.55. The Morgan fingerprint density at radius 2 is 1.90 bits per heavy atom. The minimum absolute atomic E-state index is 0.141. The zero-order valence-electron chi connectivity index (χ0n) is 12.3. The van der Waals surface area contributed by atoms with E-state index in [0.29, 0.717) is 10.8 Å². The van der Waals surface area contributed by atoms with Crippen molar-refractivity contribution in [2.24, 2.45) is 0 Å². The molecule has 0 aliphatic carbocycles. The highest BCUT2D eigenvalue weighted by atomic mass is 35.5. The number of halogens is 1. The lowest BCUT2D eigenvalue weighted by Gasteiger charge is -2.24. The van der Waals surface area contributed by atoms with E-state index < -0.39 is 5.60 Å². The van der Waals surface area contributed by atoms with Gasteiger partial charge >= 0.3 is 0 Å². The maximum Gasteiger partial charge on any atom is 0.138 e. The van der Waals surface area contributed by atoms with Gasteiger partial charge in [-0.2, -0.15) is 0 Å². The second kappa shape index (κ2) is 6.94. The summed E-state index contributed by atoms with van der Waals surface area (Å²) in [5.74, 6) is 0.577. The predicted molar refractivity (Wildman–Crippen MR) is 85.7 cm³/mol. The quantitative estimate of drug-likeness (QED) is 0.860. The van der Waals surface area contributed by atoms with Gasteiger partial charge in [-0.3, -0.25) is 0 Å². The molecule has 21 heavy (non-hydrogen) atoms. The monoisotopic (exact) mass is 305 g/mol. The molecule has 0 aliphatic rings. The van der Waals surface area contributed by atoms with Gasteiger partial charge in [-0.05, 0) is 37.2 Å². The lowest BCUT2D eigenvalue weighted by molar-refractivity contribution is 0.00763. The van der Waals surface area contributed by atoms with Gasteiger partial charge in [0.05, 0.1) is 5.02 Å². The second-order valence-electron chi connectivity index (χ2n) is 5.22. The molecule has 2 aromatic rings. The molecule has 0 saturated carbocycles. The van der Waals surface area contributed by atoms with E-state index >= 15 is 0 Å². The summed E-state index contributed by atoms with van der Waals surface area (Å²) >= 11 is 6.21. The van der Waals surface area contributed by atoms with Crippen molar-refractivity contribution in [1.82, 2.24) is 5.32 Å². The molecule has 0 saturated heterocycles. The smallest absolute Gasteiger partial charge is 0.138 e. The van der Waals surface area contributed by atoms with Crippen molar-refractivity contribution in [3.8, 4) is 5.75 Å². The first-order valence-corrected chi connectivity index (χ1v) is 7.24. The molecule has 0 bridgehead atoms. The van der Waals surface area contributed by atoms with E-state index in [0.717, 1.165) is 17.7 Å². The van der Waals surface area contributed by atoms with Crippen LogP contribution in [0.1, 0.15) is 18.1 Å². The minimum Gasteiger partial charge on any atom is -0.489 e. The lowest BCUT2D eigenvalue weighted by atomic mass is 9.97. The molecule has 2 aromatic carbocycles. The summed E-state index contributed by atoms with van der Waals surface area (Å²) in [7, 11) is 1.88. The molecule has 112 valence electrons. The zero-order chi connectivity index (χ0) is 15.3. The highest BCUT2D eigenvalue weighted by Gasteiger charge is 2.24. The minimum atomic E-state index is -1.06. The third kappa shape index (κ3) is 4.21. The van der Waals surface area contributed by atoms with Crippen LogP contribution in [0.15, 0.2) is 48.5 Å². The fourth-order valence-corrected chi connectivity index (χ4v) is 2.33. The zero-order valence-corrected chi connectivity index (χ0v) is 13.0. The Bertz CT molecular complexity index is 585. The second-order valence-corrected chi connectivity index (χ2v) is 5.63. The molecule has 4 heteroatoms. The van der Waals surface area contributed by atoms with E-state index in [1.165, 1.54) is 0 Å². The topological polar surface area (TPSA) is 41.5 Å². The maximum atomic E-state index is 10.5. The summed E-state index contributed by atoms with van der Waals surface area (Å²) in [6.07, 6.45) is 0. The number of hydrogen-bond acceptors (Lipinski definition) is 3. The van der Waals surface area contributed by atoms with Crippen molar-refractivity contribution in [2.45, 2.75) is 19.1 Å². The molecule has 0 amide bonds. The van der Waals surface area contributed by atoms with Crippen molar-refractivity contribution in [2.75, 3.05) is 13.7 Å². The maximum absolute atomic E-state index is 10.5. The van der Waals surface area contributed by atoms with Crippen molar-refractivity contribution in [3.05, 3.63) is 64.7 Å². The van der Waals surface area contributed by atoms with Crippen molar-refractivity contribution < 1.29 is 9.84 Å². The van der Waals surface area contributed by atoms with Crippen LogP contribution in [-0.2, 0) is 12.1 Å². The molecule has 0 aromatic heterocycles. The van der Waals surface area contributed by atoms with Gasteiger partial charge in [0.1, 0.15) is 18.0 Å². The van der Waals surface area contributed by atoms with E-state index in [1.807, 2.05) is 55.6 Å². The van der Waals surface area contributed by atoms with E-state index in [2.05, 4.69) is 5.32 Å². The molecule has 1 unspecified atom stereocenters. The van der Waals surface area contributed by atoms with Crippen LogP contribution in [0.3, 0.4) is 0 Å². The van der Waals surface area contributed by atoms with Gasteiger partial charge in [0, 0.05) is 6.54 Å². The molecule has 0 radical (unpaired) electrons. The average molecular weight is 306 g/mol. The standard InChI is InChI=1S/C17H20ClNO2/c1-17(20,14-6-4-3-5-7-14)12-21-16-9-8-13(11-19-2)10-15(16)18/h3-10,19-20H,11-12H2,1-2H3. The number of hydrogen-bond donors (Lipinski definition) is 2. The Morgan fingerprint density at radius 1 is 1.19 bits per heavy atom. The molecule has 0 aliphatic heterocycles. The third-order valence-electron chi connectivity index (χ3n) is 3.28. The van der Waals surface area contributed by atoms with Crippen LogP contribution < -0.4 is 10.1 Å². The Labute approximate surface area is 130 Å². The van der Waals surface area contributed by atoms with Gasteiger partial charge in [0.15, 0.2) is 0 Å². The van der Waals surface area contributed by atoms with Crippen LogP contribution in [0.4, 0.5) is 0 Å². The number of aliphatic hydroxyl groups is 1. The number of rotatable bonds is 6. The average Bonchev–Trinajstić information content (AvgIpc) is 2.48. The highest BCUT2D eigenvalue weighted by Crippen LogP contribution is 2.28. The van der Waals surface area contributed by atoms with Gasteiger partial charge in [0.2, 0.25) is 0 Å². The van der Waals surface area contributed by atoms with Crippen molar-refractivity contribution in [3.63, 3.8) is 0 Å². The van der Waals surface area contributed by atoms with Crippen LogP contribution in [0.5, 0.6) is 5.75 Å². The molecule has 2 N–H and O–H groups in total. The SMILES string of the molecule is CNCc1ccc(OCC(C)(O)c2ccccc2)c(Cl)c1. The Morgan fingerprint density at radius 3 is 2.52 bits per heavy atom. The summed E-state index contributed by atoms with van der Waals surface area (Å²) < 4.78 is 5.69. The van der Waals surface area contributed by atoms with Crippen LogP contribution in [0.25, 0.3) is 0 Å².